The third-order valence-corrected chi connectivity index (χ3v) is 6.35. The first-order valence-electron chi connectivity index (χ1n) is 11.1. The molecule has 38 heavy (non-hydrogen) atoms. The molecule has 9 nitrogen and oxygen atoms in total. The van der Waals surface area contributed by atoms with E-state index in [1.807, 2.05) is 0 Å². The Labute approximate surface area is 245 Å². The van der Waals surface area contributed by atoms with Crippen molar-refractivity contribution in [3.8, 4) is 23.0 Å². The fourth-order valence-corrected chi connectivity index (χ4v) is 4.52. The summed E-state index contributed by atoms with van der Waals surface area (Å²) < 4.78 is 29.9. The Hall–Kier alpha value is -3.44. The molecule has 0 aliphatic heterocycles. The number of ether oxygens (including phenoxy) is 4. The molecule has 0 saturated heterocycles. The molecule has 0 fully saturated rings. The minimum absolute atomic E-state index is 0. The molecule has 0 aliphatic carbocycles. The quantitative estimate of drug-likeness (QED) is 0.179. The Morgan fingerprint density at radius 2 is 1.39 bits per heavy atom. The van der Waals surface area contributed by atoms with Crippen LogP contribution in [0.2, 0.25) is 0 Å². The molecule has 0 saturated carbocycles. The van der Waals surface area contributed by atoms with Crippen molar-refractivity contribution < 1.29 is 33.6 Å². The first-order valence-corrected chi connectivity index (χ1v) is 11.8. The zero-order chi connectivity index (χ0) is 26.5. The second kappa shape index (κ2) is 12.9. The van der Waals surface area contributed by atoms with Gasteiger partial charge < -0.3 is 24.1 Å². The van der Waals surface area contributed by atoms with Gasteiger partial charge in [-0.3, -0.25) is 4.79 Å². The number of hydrogen-bond acceptors (Lipinski definition) is 9. The summed E-state index contributed by atoms with van der Waals surface area (Å²) in [5.74, 6) is 0.0596. The number of nitrogens with zero attached hydrogens (tertiary/aromatic N) is 2. The molecule has 0 radical (unpaired) electrons. The number of fused-ring (bicyclic) bond motifs is 1. The topological polar surface area (TPSA) is 117 Å². The predicted molar refractivity (Wildman–Crippen MR) is 146 cm³/mol. The van der Waals surface area contributed by atoms with Crippen molar-refractivity contribution in [2.75, 3.05) is 28.4 Å². The number of aromatic nitrogens is 2. The van der Waals surface area contributed by atoms with Crippen LogP contribution >= 0.6 is 11.7 Å². The number of carbonyl (C=O) groups is 2. The molecule has 3 aromatic carbocycles. The monoisotopic (exact) mass is 544 g/mol. The van der Waals surface area contributed by atoms with Crippen LogP contribution in [0.25, 0.3) is 16.6 Å². The molecule has 0 atom stereocenters. The molecule has 0 spiro atoms. The zero-order valence-electron chi connectivity index (χ0n) is 20.6. The van der Waals surface area contributed by atoms with Crippen molar-refractivity contribution in [3.05, 3.63) is 76.9 Å². The van der Waals surface area contributed by atoms with E-state index in [0.29, 0.717) is 50.7 Å². The van der Waals surface area contributed by atoms with Crippen LogP contribution in [0.4, 0.5) is 0 Å². The van der Waals surface area contributed by atoms with Crippen LogP contribution in [0.15, 0.2) is 60.2 Å². The molecule has 0 bridgehead atoms. The number of Topliss-reactive ketones (excluding diaryl/α,β-unsaturated/α-hetero) is 1. The summed E-state index contributed by atoms with van der Waals surface area (Å²) >= 11 is 1.03. The zero-order valence-corrected chi connectivity index (χ0v) is 21.4. The predicted octanol–water partition coefficient (Wildman–Crippen LogP) is 4.04. The number of benzene rings is 3. The van der Waals surface area contributed by atoms with Crippen LogP contribution in [-0.4, -0.2) is 83.6 Å². The number of carbonyl (C=O) groups excluding carboxylic acids is 1. The standard InChI is InChI=1S/C27H24N2O7S.Na.H/c1-33-18-8-5-16(6-9-18)25(30)19(11-15-12-22(34-2)26(36-4)23(13-15)35-3)24(27(31)32)17-7-10-20-21(14-17)29-37-28-20;;/h5-10,12-14H,11H2,1-4H3,(H,31,32);;/b24-19-;;. The Morgan fingerprint density at radius 1 is 0.789 bits per heavy atom. The Kier molecular flexibility index (Phi) is 9.87. The van der Waals surface area contributed by atoms with Gasteiger partial charge in [-0.05, 0) is 59.7 Å². The molecule has 4 rings (SSSR count). The third-order valence-electron chi connectivity index (χ3n) is 5.79. The Bertz CT molecular complexity index is 1470. The summed E-state index contributed by atoms with van der Waals surface area (Å²) in [6.07, 6.45) is -0.0173. The third kappa shape index (κ3) is 5.99. The number of carboxylic acids is 1. The van der Waals surface area contributed by atoms with E-state index in [2.05, 4.69) is 8.75 Å². The van der Waals surface area contributed by atoms with Crippen molar-refractivity contribution in [1.82, 2.24) is 8.75 Å². The van der Waals surface area contributed by atoms with Gasteiger partial charge in [-0.15, -0.1) is 0 Å². The number of methoxy groups -OCH3 is 4. The van der Waals surface area contributed by atoms with E-state index in [4.69, 9.17) is 18.9 Å². The Balaban J connectivity index is 0.00000400. The van der Waals surface area contributed by atoms with Gasteiger partial charge in [-0.25, -0.2) is 4.79 Å². The molecule has 0 unspecified atom stereocenters. The first kappa shape index (κ1) is 29.1. The van der Waals surface area contributed by atoms with Crippen LogP contribution in [0.3, 0.4) is 0 Å². The van der Waals surface area contributed by atoms with E-state index in [9.17, 15) is 14.7 Å². The normalized spacial score (nSPS) is 11.3. The molecule has 1 heterocycles. The molecule has 0 aliphatic rings. The maximum atomic E-state index is 13.8. The van der Waals surface area contributed by atoms with E-state index in [1.165, 1.54) is 28.4 Å². The summed E-state index contributed by atoms with van der Waals surface area (Å²) in [4.78, 5) is 26.5. The molecule has 11 heteroatoms. The summed E-state index contributed by atoms with van der Waals surface area (Å²) in [6, 6.07) is 14.8. The van der Waals surface area contributed by atoms with E-state index in [-0.39, 0.29) is 47.1 Å². The van der Waals surface area contributed by atoms with E-state index in [0.717, 1.165) is 11.7 Å². The van der Waals surface area contributed by atoms with Gasteiger partial charge in [-0.2, -0.15) is 8.75 Å². The second-order valence-corrected chi connectivity index (χ2v) is 8.42. The Morgan fingerprint density at radius 3 is 1.95 bits per heavy atom. The molecular formula is C27H25N2NaO7S. The average Bonchev–Trinajstić information content (AvgIpc) is 3.39. The second-order valence-electron chi connectivity index (χ2n) is 7.89. The fourth-order valence-electron chi connectivity index (χ4n) is 4.00. The van der Waals surface area contributed by atoms with Gasteiger partial charge >= 0.3 is 35.5 Å². The SMILES string of the molecule is COc1ccc(C(=O)/C(Cc2cc(OC)c(OC)c(OC)c2)=C(\C(=O)O)c2ccc3nsnc3c2)cc1.[NaH]. The summed E-state index contributed by atoms with van der Waals surface area (Å²) in [5.41, 5.74) is 2.40. The van der Waals surface area contributed by atoms with Gasteiger partial charge in [-0.1, -0.05) is 6.07 Å². The summed E-state index contributed by atoms with van der Waals surface area (Å²) in [6.45, 7) is 0. The number of allylic oxidation sites excluding steroid dienone is 1. The summed E-state index contributed by atoms with van der Waals surface area (Å²) in [7, 11) is 5.99. The number of rotatable bonds is 10. The van der Waals surface area contributed by atoms with Crippen molar-refractivity contribution in [2.45, 2.75) is 6.42 Å². The van der Waals surface area contributed by atoms with Crippen molar-refractivity contribution in [1.29, 1.82) is 0 Å². The molecule has 1 N–H and O–H groups in total. The average molecular weight is 545 g/mol. The van der Waals surface area contributed by atoms with Crippen LogP contribution < -0.4 is 18.9 Å². The van der Waals surface area contributed by atoms with Crippen molar-refractivity contribution in [3.63, 3.8) is 0 Å². The van der Waals surface area contributed by atoms with Crippen LogP contribution in [-0.2, 0) is 11.2 Å². The van der Waals surface area contributed by atoms with Crippen LogP contribution in [0.1, 0.15) is 21.5 Å². The fraction of sp³-hybridized carbons (Fsp3) is 0.185. The van der Waals surface area contributed by atoms with E-state index >= 15 is 0 Å². The van der Waals surface area contributed by atoms with Gasteiger partial charge in [0.25, 0.3) is 0 Å². The maximum absolute atomic E-state index is 13.8. The van der Waals surface area contributed by atoms with Gasteiger partial charge in [0.05, 0.1) is 45.7 Å². The van der Waals surface area contributed by atoms with Crippen molar-refractivity contribution in [2.24, 2.45) is 0 Å². The van der Waals surface area contributed by atoms with E-state index in [1.54, 1.807) is 54.6 Å². The van der Waals surface area contributed by atoms with Crippen molar-refractivity contribution >= 4 is 69.6 Å². The number of ketones is 1. The molecule has 1 aromatic heterocycles. The molecule has 4 aromatic rings. The molecular weight excluding hydrogens is 519 g/mol. The number of aliphatic carboxylic acids is 1. The minimum atomic E-state index is -1.24. The molecule has 0 amide bonds. The van der Waals surface area contributed by atoms with Gasteiger partial charge in [0.2, 0.25) is 5.75 Å². The van der Waals surface area contributed by atoms with Crippen LogP contribution in [0.5, 0.6) is 23.0 Å². The molecule has 192 valence electrons. The number of hydrogen-bond donors (Lipinski definition) is 1. The van der Waals surface area contributed by atoms with E-state index < -0.39 is 11.8 Å². The van der Waals surface area contributed by atoms with Gasteiger partial charge in [0.1, 0.15) is 16.8 Å². The van der Waals surface area contributed by atoms with Crippen LogP contribution in [0, 0.1) is 0 Å². The summed E-state index contributed by atoms with van der Waals surface area (Å²) in [5, 5.41) is 10.3. The van der Waals surface area contributed by atoms with Gasteiger partial charge in [0.15, 0.2) is 17.3 Å². The number of carboxylic acid groups (broad SMARTS) is 1. The first-order chi connectivity index (χ1) is 17.9. The van der Waals surface area contributed by atoms with Gasteiger partial charge in [0, 0.05) is 17.6 Å².